The minimum absolute atomic E-state index is 0.190. The number of fused-ring (bicyclic) bond motifs is 2. The van der Waals surface area contributed by atoms with Crippen LogP contribution < -0.4 is 20.7 Å². The number of amides is 2. The number of hydrogen-bond donors (Lipinski definition) is 2. The number of nitrogen functional groups attached to an aromatic ring is 1. The summed E-state index contributed by atoms with van der Waals surface area (Å²) in [4.78, 5) is 39.6. The van der Waals surface area contributed by atoms with E-state index in [0.29, 0.717) is 55.7 Å². The summed E-state index contributed by atoms with van der Waals surface area (Å²) in [6.45, 7) is 10.3. The van der Waals surface area contributed by atoms with Crippen molar-refractivity contribution in [3.05, 3.63) is 40.4 Å². The highest BCUT2D eigenvalue weighted by Crippen LogP contribution is 2.33. The first-order valence-corrected chi connectivity index (χ1v) is 13.2. The molecule has 1 saturated heterocycles. The molecule has 0 aromatic carbocycles. The first-order valence-electron chi connectivity index (χ1n) is 12.4. The number of pyridine rings is 2. The highest BCUT2D eigenvalue weighted by Gasteiger charge is 2.29. The van der Waals surface area contributed by atoms with Crippen LogP contribution in [0.3, 0.4) is 0 Å². The Bertz CT molecular complexity index is 1340. The van der Waals surface area contributed by atoms with Crippen LogP contribution in [-0.4, -0.2) is 71.3 Å². The average molecular weight is 525 g/mol. The van der Waals surface area contributed by atoms with Crippen LogP contribution in [-0.2, 0) is 11.2 Å². The molecule has 37 heavy (non-hydrogen) atoms. The molecular weight excluding hydrogens is 492 g/mol. The van der Waals surface area contributed by atoms with Crippen LogP contribution in [0, 0.1) is 6.92 Å². The van der Waals surface area contributed by atoms with Gasteiger partial charge in [-0.15, -0.1) is 11.3 Å². The van der Waals surface area contributed by atoms with Crippen molar-refractivity contribution in [2.24, 2.45) is 0 Å². The molecule has 10 nitrogen and oxygen atoms in total. The molecule has 0 bridgehead atoms. The van der Waals surface area contributed by atoms with E-state index in [1.54, 1.807) is 4.90 Å². The summed E-state index contributed by atoms with van der Waals surface area (Å²) < 4.78 is 11.4. The number of nitrogens with zero attached hydrogens (tertiary/aromatic N) is 4. The van der Waals surface area contributed by atoms with Gasteiger partial charge in [-0.2, -0.15) is 4.98 Å². The van der Waals surface area contributed by atoms with E-state index in [9.17, 15) is 9.59 Å². The predicted molar refractivity (Wildman–Crippen MR) is 143 cm³/mol. The van der Waals surface area contributed by atoms with E-state index in [1.807, 2.05) is 52.0 Å². The Morgan fingerprint density at radius 1 is 1.14 bits per heavy atom. The summed E-state index contributed by atoms with van der Waals surface area (Å²) >= 11 is 1.30. The first-order chi connectivity index (χ1) is 17.6. The number of nitrogens with one attached hydrogen (secondary N) is 1. The van der Waals surface area contributed by atoms with Crippen LogP contribution in [0.1, 0.15) is 41.7 Å². The van der Waals surface area contributed by atoms with Gasteiger partial charge in [-0.1, -0.05) is 0 Å². The van der Waals surface area contributed by atoms with Crippen molar-refractivity contribution in [2.75, 3.05) is 43.4 Å². The SMILES string of the molecule is Cc1ccc2c(N)c(C(=O)N[C@H]3COc4nc(N5CCN(C(=O)OC(C)(C)C)CC5)ccc4C3)sc2n1. The van der Waals surface area contributed by atoms with Crippen LogP contribution in [0.5, 0.6) is 5.88 Å². The molecule has 0 spiro atoms. The van der Waals surface area contributed by atoms with Crippen LogP contribution >= 0.6 is 11.3 Å². The molecule has 3 aromatic rings. The molecule has 5 heterocycles. The van der Waals surface area contributed by atoms with Crippen molar-refractivity contribution in [2.45, 2.75) is 45.8 Å². The Kier molecular flexibility index (Phi) is 6.57. The quantitative estimate of drug-likeness (QED) is 0.535. The molecule has 1 fully saturated rings. The van der Waals surface area contributed by atoms with Gasteiger partial charge in [0.15, 0.2) is 0 Å². The number of thiophene rings is 1. The lowest BCUT2D eigenvalue weighted by atomic mass is 10.1. The molecule has 0 unspecified atom stereocenters. The Balaban J connectivity index is 1.19. The van der Waals surface area contributed by atoms with E-state index in [-0.39, 0.29) is 18.0 Å². The Hall–Kier alpha value is -3.60. The number of carbonyl (C=O) groups is 2. The first kappa shape index (κ1) is 25.1. The van der Waals surface area contributed by atoms with Gasteiger partial charge in [0.1, 0.15) is 27.7 Å². The third-order valence-electron chi connectivity index (χ3n) is 6.34. The number of hydrogen-bond acceptors (Lipinski definition) is 9. The third kappa shape index (κ3) is 5.41. The van der Waals surface area contributed by atoms with Crippen molar-refractivity contribution >= 4 is 45.1 Å². The average Bonchev–Trinajstić information content (AvgIpc) is 3.18. The number of anilines is 2. The lowest BCUT2D eigenvalue weighted by Gasteiger charge is -2.36. The van der Waals surface area contributed by atoms with Crippen molar-refractivity contribution in [1.29, 1.82) is 0 Å². The molecule has 0 radical (unpaired) electrons. The molecular formula is C26H32N6O4S. The largest absolute Gasteiger partial charge is 0.475 e. The molecule has 2 amide bonds. The van der Waals surface area contributed by atoms with E-state index >= 15 is 0 Å². The molecule has 2 aliphatic heterocycles. The minimum atomic E-state index is -0.510. The number of carbonyl (C=O) groups excluding carboxylic acids is 2. The third-order valence-corrected chi connectivity index (χ3v) is 7.46. The molecule has 1 atom stereocenters. The molecule has 5 rings (SSSR count). The topological polar surface area (TPSA) is 123 Å². The monoisotopic (exact) mass is 524 g/mol. The zero-order valence-electron chi connectivity index (χ0n) is 21.5. The lowest BCUT2D eigenvalue weighted by molar-refractivity contribution is 0.0240. The van der Waals surface area contributed by atoms with Gasteiger partial charge >= 0.3 is 6.09 Å². The van der Waals surface area contributed by atoms with Gasteiger partial charge in [0.25, 0.3) is 5.91 Å². The second kappa shape index (κ2) is 9.70. The Morgan fingerprint density at radius 3 is 2.62 bits per heavy atom. The van der Waals surface area contributed by atoms with E-state index in [4.69, 9.17) is 20.2 Å². The summed E-state index contributed by atoms with van der Waals surface area (Å²) in [5.74, 6) is 1.17. The van der Waals surface area contributed by atoms with Gasteiger partial charge < -0.3 is 30.3 Å². The van der Waals surface area contributed by atoms with E-state index in [1.165, 1.54) is 11.3 Å². The van der Waals surface area contributed by atoms with Crippen LogP contribution in [0.4, 0.5) is 16.3 Å². The summed E-state index contributed by atoms with van der Waals surface area (Å²) in [6.07, 6.45) is 0.328. The molecule has 11 heteroatoms. The zero-order valence-corrected chi connectivity index (χ0v) is 22.4. The van der Waals surface area contributed by atoms with Gasteiger partial charge in [-0.3, -0.25) is 4.79 Å². The predicted octanol–water partition coefficient (Wildman–Crippen LogP) is 3.37. The summed E-state index contributed by atoms with van der Waals surface area (Å²) in [5, 5.41) is 3.85. The summed E-state index contributed by atoms with van der Waals surface area (Å²) in [7, 11) is 0. The highest BCUT2D eigenvalue weighted by molar-refractivity contribution is 7.21. The maximum absolute atomic E-state index is 13.0. The lowest BCUT2D eigenvalue weighted by Crippen LogP contribution is -2.50. The van der Waals surface area contributed by atoms with Crippen LogP contribution in [0.2, 0.25) is 0 Å². The fraction of sp³-hybridized carbons (Fsp3) is 0.462. The molecule has 0 saturated carbocycles. The highest BCUT2D eigenvalue weighted by atomic mass is 32.1. The summed E-state index contributed by atoms with van der Waals surface area (Å²) in [6, 6.07) is 7.57. The number of ether oxygens (including phenoxy) is 2. The van der Waals surface area contributed by atoms with E-state index < -0.39 is 5.60 Å². The second-order valence-electron chi connectivity index (χ2n) is 10.4. The number of aromatic nitrogens is 2. The van der Waals surface area contributed by atoms with E-state index in [0.717, 1.165) is 27.3 Å². The fourth-order valence-corrected chi connectivity index (χ4v) is 5.51. The maximum atomic E-state index is 13.0. The normalized spacial score (nSPS) is 17.8. The Labute approximate surface area is 219 Å². The standard InChI is InChI=1S/C26H32N6O4S/c1-15-5-7-18-20(27)21(37-24(18)28-15)22(33)29-17-13-16-6-8-19(30-23(16)35-14-17)31-9-11-32(12-10-31)25(34)36-26(2,3)4/h5-8,17H,9-14,27H2,1-4H3,(H,29,33)/t17-/m1/s1. The van der Waals surface area contributed by atoms with Gasteiger partial charge in [0, 0.05) is 49.2 Å². The van der Waals surface area contributed by atoms with Crippen LogP contribution in [0.25, 0.3) is 10.2 Å². The molecule has 3 aromatic heterocycles. The molecule has 2 aliphatic rings. The van der Waals surface area contributed by atoms with Crippen molar-refractivity contribution in [3.8, 4) is 5.88 Å². The number of piperazine rings is 1. The zero-order chi connectivity index (χ0) is 26.3. The van der Waals surface area contributed by atoms with Crippen molar-refractivity contribution in [1.82, 2.24) is 20.2 Å². The van der Waals surface area contributed by atoms with E-state index in [2.05, 4.69) is 15.2 Å². The summed E-state index contributed by atoms with van der Waals surface area (Å²) in [5.41, 5.74) is 8.02. The fourth-order valence-electron chi connectivity index (χ4n) is 4.47. The van der Waals surface area contributed by atoms with Gasteiger partial charge in [-0.25, -0.2) is 9.78 Å². The minimum Gasteiger partial charge on any atom is -0.475 e. The van der Waals surface area contributed by atoms with Gasteiger partial charge in [-0.05, 0) is 52.0 Å². The molecule has 0 aliphatic carbocycles. The van der Waals surface area contributed by atoms with Gasteiger partial charge in [0.2, 0.25) is 5.88 Å². The van der Waals surface area contributed by atoms with Crippen molar-refractivity contribution in [3.63, 3.8) is 0 Å². The van der Waals surface area contributed by atoms with Crippen LogP contribution in [0.15, 0.2) is 24.3 Å². The van der Waals surface area contributed by atoms with Crippen molar-refractivity contribution < 1.29 is 19.1 Å². The maximum Gasteiger partial charge on any atom is 0.410 e. The number of rotatable bonds is 3. The smallest absolute Gasteiger partial charge is 0.410 e. The number of nitrogens with two attached hydrogens (primary N) is 1. The molecule has 196 valence electrons. The van der Waals surface area contributed by atoms with Gasteiger partial charge in [0.05, 0.1) is 11.7 Å². The number of aryl methyl sites for hydroxylation is 1. The molecule has 3 N–H and O–H groups in total. The Morgan fingerprint density at radius 2 is 1.89 bits per heavy atom. The second-order valence-corrected chi connectivity index (χ2v) is 11.4.